The van der Waals surface area contributed by atoms with Gasteiger partial charge in [0, 0.05) is 5.41 Å². The number of rotatable bonds is 6. The summed E-state index contributed by atoms with van der Waals surface area (Å²) >= 11 is 0. The van der Waals surface area contributed by atoms with Crippen molar-refractivity contribution in [1.29, 1.82) is 0 Å². The van der Waals surface area contributed by atoms with E-state index < -0.39 is 5.41 Å². The third kappa shape index (κ3) is 4.48. The molecule has 1 N–H and O–H groups in total. The highest BCUT2D eigenvalue weighted by Crippen LogP contribution is 2.19. The van der Waals surface area contributed by atoms with Crippen molar-refractivity contribution in [3.63, 3.8) is 0 Å². The van der Waals surface area contributed by atoms with Crippen molar-refractivity contribution in [2.75, 3.05) is 6.61 Å². The molecule has 0 fully saturated rings. The molecule has 1 amide bonds. The molecule has 0 aliphatic carbocycles. The number of nitrogens with zero attached hydrogens (tertiary/aromatic N) is 2. The lowest BCUT2D eigenvalue weighted by atomic mass is 9.96. The van der Waals surface area contributed by atoms with Crippen LogP contribution in [0.4, 0.5) is 0 Å². The maximum absolute atomic E-state index is 12.2. The van der Waals surface area contributed by atoms with E-state index in [1.165, 1.54) is 0 Å². The first-order valence-electron chi connectivity index (χ1n) is 9.27. The van der Waals surface area contributed by atoms with E-state index in [0.29, 0.717) is 19.7 Å². The zero-order valence-electron chi connectivity index (χ0n) is 16.5. The third-order valence-electron chi connectivity index (χ3n) is 4.49. The van der Waals surface area contributed by atoms with Gasteiger partial charge in [-0.3, -0.25) is 4.79 Å². The SMILES string of the molecule is Cc1ccccc1OCCn1c(CNC(=O)C(C)(C)C)nc2ccccc21. The number of nitrogens with one attached hydrogen (secondary N) is 1. The number of carbonyl (C=O) groups is 1. The van der Waals surface area contributed by atoms with Crippen LogP contribution in [0.15, 0.2) is 48.5 Å². The molecule has 0 bridgehead atoms. The Kier molecular flexibility index (Phi) is 5.49. The molecule has 0 unspecified atom stereocenters. The van der Waals surface area contributed by atoms with Crippen LogP contribution in [0.3, 0.4) is 0 Å². The first kappa shape index (κ1) is 19.0. The van der Waals surface area contributed by atoms with Crippen molar-refractivity contribution in [3.05, 3.63) is 59.9 Å². The summed E-state index contributed by atoms with van der Waals surface area (Å²) in [6, 6.07) is 16.0. The smallest absolute Gasteiger partial charge is 0.225 e. The fourth-order valence-electron chi connectivity index (χ4n) is 2.90. The molecule has 3 aromatic rings. The van der Waals surface area contributed by atoms with Crippen LogP contribution in [-0.4, -0.2) is 22.1 Å². The second-order valence-corrected chi connectivity index (χ2v) is 7.72. The number of ether oxygens (including phenoxy) is 1. The van der Waals surface area contributed by atoms with Crippen LogP contribution in [0.1, 0.15) is 32.2 Å². The van der Waals surface area contributed by atoms with E-state index in [-0.39, 0.29) is 5.91 Å². The quantitative estimate of drug-likeness (QED) is 0.716. The lowest BCUT2D eigenvalue weighted by Crippen LogP contribution is -2.35. The fourth-order valence-corrected chi connectivity index (χ4v) is 2.90. The third-order valence-corrected chi connectivity index (χ3v) is 4.49. The second kappa shape index (κ2) is 7.82. The van der Waals surface area contributed by atoms with Crippen LogP contribution in [0, 0.1) is 12.3 Å². The van der Waals surface area contributed by atoms with Crippen LogP contribution < -0.4 is 10.1 Å². The summed E-state index contributed by atoms with van der Waals surface area (Å²) in [4.78, 5) is 16.9. The summed E-state index contributed by atoms with van der Waals surface area (Å²) in [5.74, 6) is 1.74. The Morgan fingerprint density at radius 3 is 2.56 bits per heavy atom. The lowest BCUT2D eigenvalue weighted by Gasteiger charge is -2.18. The minimum atomic E-state index is -0.426. The Labute approximate surface area is 160 Å². The van der Waals surface area contributed by atoms with Gasteiger partial charge in [-0.15, -0.1) is 0 Å². The molecular formula is C22H27N3O2. The lowest BCUT2D eigenvalue weighted by molar-refractivity contribution is -0.128. The number of hydrogen-bond donors (Lipinski definition) is 1. The predicted octanol–water partition coefficient (Wildman–Crippen LogP) is 4.09. The molecule has 1 aromatic heterocycles. The summed E-state index contributed by atoms with van der Waals surface area (Å²) < 4.78 is 8.08. The molecule has 0 spiro atoms. The van der Waals surface area contributed by atoms with E-state index in [2.05, 4.69) is 9.88 Å². The highest BCUT2D eigenvalue weighted by Gasteiger charge is 2.21. The number of carbonyl (C=O) groups excluding carboxylic acids is 1. The van der Waals surface area contributed by atoms with E-state index >= 15 is 0 Å². The molecular weight excluding hydrogens is 338 g/mol. The van der Waals surface area contributed by atoms with Gasteiger partial charge in [0.15, 0.2) is 0 Å². The van der Waals surface area contributed by atoms with Crippen LogP contribution in [0.2, 0.25) is 0 Å². The maximum Gasteiger partial charge on any atom is 0.225 e. The number of fused-ring (bicyclic) bond motifs is 1. The zero-order chi connectivity index (χ0) is 19.4. The molecule has 0 aliphatic rings. The van der Waals surface area contributed by atoms with Crippen molar-refractivity contribution in [3.8, 4) is 5.75 Å². The maximum atomic E-state index is 12.2. The van der Waals surface area contributed by atoms with Crippen LogP contribution in [0.5, 0.6) is 5.75 Å². The Morgan fingerprint density at radius 1 is 1.11 bits per heavy atom. The molecule has 142 valence electrons. The topological polar surface area (TPSA) is 56.1 Å². The van der Waals surface area contributed by atoms with Gasteiger partial charge >= 0.3 is 0 Å². The number of hydrogen-bond acceptors (Lipinski definition) is 3. The average molecular weight is 365 g/mol. The predicted molar refractivity (Wildman–Crippen MR) is 108 cm³/mol. The number of aryl methyl sites for hydroxylation is 1. The molecule has 0 saturated heterocycles. The van der Waals surface area contributed by atoms with Crippen LogP contribution >= 0.6 is 0 Å². The van der Waals surface area contributed by atoms with Gasteiger partial charge in [-0.2, -0.15) is 0 Å². The summed E-state index contributed by atoms with van der Waals surface area (Å²) in [7, 11) is 0. The van der Waals surface area contributed by atoms with Gasteiger partial charge in [0.1, 0.15) is 18.2 Å². The first-order chi connectivity index (χ1) is 12.9. The molecule has 0 radical (unpaired) electrons. The highest BCUT2D eigenvalue weighted by molar-refractivity contribution is 5.81. The molecule has 5 nitrogen and oxygen atoms in total. The van der Waals surface area contributed by atoms with Gasteiger partial charge in [-0.1, -0.05) is 51.1 Å². The van der Waals surface area contributed by atoms with Crippen molar-refractivity contribution in [2.45, 2.75) is 40.8 Å². The van der Waals surface area contributed by atoms with E-state index in [9.17, 15) is 4.79 Å². The summed E-state index contributed by atoms with van der Waals surface area (Å²) in [6.07, 6.45) is 0. The second-order valence-electron chi connectivity index (χ2n) is 7.72. The Hall–Kier alpha value is -2.82. The number of amides is 1. The summed E-state index contributed by atoms with van der Waals surface area (Å²) in [6.45, 7) is 9.34. The van der Waals surface area contributed by atoms with Gasteiger partial charge in [0.05, 0.1) is 24.1 Å². The normalized spacial score (nSPS) is 11.6. The number of imidazole rings is 1. The van der Waals surface area contributed by atoms with E-state index in [0.717, 1.165) is 28.2 Å². The van der Waals surface area contributed by atoms with E-state index in [1.54, 1.807) is 0 Å². The molecule has 1 heterocycles. The number of benzene rings is 2. The van der Waals surface area contributed by atoms with E-state index in [1.807, 2.05) is 76.2 Å². The summed E-state index contributed by atoms with van der Waals surface area (Å²) in [5.41, 5.74) is 2.66. The Balaban J connectivity index is 1.76. The fraction of sp³-hybridized carbons (Fsp3) is 0.364. The van der Waals surface area contributed by atoms with Crippen LogP contribution in [-0.2, 0) is 17.9 Å². The van der Waals surface area contributed by atoms with E-state index in [4.69, 9.17) is 9.72 Å². The molecule has 0 atom stereocenters. The largest absolute Gasteiger partial charge is 0.491 e. The molecule has 27 heavy (non-hydrogen) atoms. The Morgan fingerprint density at radius 2 is 1.81 bits per heavy atom. The Bertz CT molecular complexity index is 938. The zero-order valence-corrected chi connectivity index (χ0v) is 16.5. The van der Waals surface area contributed by atoms with Gasteiger partial charge < -0.3 is 14.6 Å². The molecule has 0 aliphatic heterocycles. The van der Waals surface area contributed by atoms with Gasteiger partial charge in [-0.05, 0) is 30.7 Å². The molecule has 0 saturated carbocycles. The average Bonchev–Trinajstić information content (AvgIpc) is 2.98. The minimum absolute atomic E-state index is 0.0114. The van der Waals surface area contributed by atoms with Gasteiger partial charge in [-0.25, -0.2) is 4.98 Å². The van der Waals surface area contributed by atoms with Crippen molar-refractivity contribution < 1.29 is 9.53 Å². The molecule has 2 aromatic carbocycles. The van der Waals surface area contributed by atoms with Crippen molar-refractivity contribution in [1.82, 2.24) is 14.9 Å². The molecule has 3 rings (SSSR count). The van der Waals surface area contributed by atoms with Crippen molar-refractivity contribution in [2.24, 2.45) is 5.41 Å². The minimum Gasteiger partial charge on any atom is -0.491 e. The number of aromatic nitrogens is 2. The van der Waals surface area contributed by atoms with Crippen LogP contribution in [0.25, 0.3) is 11.0 Å². The van der Waals surface area contributed by atoms with Crippen molar-refractivity contribution >= 4 is 16.9 Å². The standard InChI is InChI=1S/C22H27N3O2/c1-16-9-5-8-12-19(16)27-14-13-25-18-11-7-6-10-17(18)24-20(25)15-23-21(26)22(2,3)4/h5-12H,13-15H2,1-4H3,(H,23,26). The van der Waals surface area contributed by atoms with Gasteiger partial charge in [0.25, 0.3) is 0 Å². The first-order valence-corrected chi connectivity index (χ1v) is 9.27. The number of para-hydroxylation sites is 3. The summed E-state index contributed by atoms with van der Waals surface area (Å²) in [5, 5.41) is 2.99. The highest BCUT2D eigenvalue weighted by atomic mass is 16.5. The van der Waals surface area contributed by atoms with Gasteiger partial charge in [0.2, 0.25) is 5.91 Å². The monoisotopic (exact) mass is 365 g/mol. The molecule has 5 heteroatoms.